The van der Waals surface area contributed by atoms with Crippen LogP contribution in [0.4, 0.5) is 0 Å². The molecule has 0 spiro atoms. The third kappa shape index (κ3) is 10.0. The van der Waals surface area contributed by atoms with Gasteiger partial charge >= 0.3 is 0 Å². The van der Waals surface area contributed by atoms with E-state index in [-0.39, 0.29) is 0 Å². The second-order valence-corrected chi connectivity index (χ2v) is 7.54. The van der Waals surface area contributed by atoms with Crippen molar-refractivity contribution in [3.8, 4) is 0 Å². The summed E-state index contributed by atoms with van der Waals surface area (Å²) in [5.41, 5.74) is 4.15. The minimum Gasteiger partial charge on any atom is -0.303 e. The van der Waals surface area contributed by atoms with Crippen LogP contribution < -0.4 is 5.43 Å². The van der Waals surface area contributed by atoms with Crippen LogP contribution in [0, 0.1) is 5.92 Å². The zero-order valence-electron chi connectivity index (χ0n) is 15.5. The fourth-order valence-corrected chi connectivity index (χ4v) is 2.21. The summed E-state index contributed by atoms with van der Waals surface area (Å²) in [6.45, 7) is 14.4. The fraction of sp³-hybridized carbons (Fsp3) is 0.500. The van der Waals surface area contributed by atoms with Gasteiger partial charge in [0.15, 0.2) is 16.8 Å². The molecule has 1 rings (SSSR count). The molecule has 4 nitrogen and oxygen atoms in total. The Bertz CT molecular complexity index is 517. The fourth-order valence-electron chi connectivity index (χ4n) is 1.44. The Balaban J connectivity index is 0.00000108. The summed E-state index contributed by atoms with van der Waals surface area (Å²) in [6.07, 6.45) is 1.54. The SMILES string of the molecule is C=C/C(=N/S(=O)c1ccc(C(C)C)cc1)NN(C)C.CC(C)C. The molecule has 1 aromatic rings. The lowest BCUT2D eigenvalue weighted by atomic mass is 10.0. The van der Waals surface area contributed by atoms with E-state index in [2.05, 4.69) is 51.0 Å². The van der Waals surface area contributed by atoms with Crippen LogP contribution in [0.25, 0.3) is 0 Å². The van der Waals surface area contributed by atoms with Crippen molar-refractivity contribution in [3.63, 3.8) is 0 Å². The number of hydrazine groups is 1. The van der Waals surface area contributed by atoms with Crippen molar-refractivity contribution in [1.29, 1.82) is 0 Å². The third-order valence-corrected chi connectivity index (χ3v) is 3.50. The Morgan fingerprint density at radius 3 is 2.00 bits per heavy atom. The average Bonchev–Trinajstić information content (AvgIpc) is 2.45. The highest BCUT2D eigenvalue weighted by Crippen LogP contribution is 2.16. The molecule has 23 heavy (non-hydrogen) atoms. The molecule has 0 aromatic heterocycles. The highest BCUT2D eigenvalue weighted by Gasteiger charge is 2.05. The predicted octanol–water partition coefficient (Wildman–Crippen LogP) is 4.15. The highest BCUT2D eigenvalue weighted by atomic mass is 32.2. The van der Waals surface area contributed by atoms with Gasteiger partial charge in [0.05, 0.1) is 4.90 Å². The largest absolute Gasteiger partial charge is 0.303 e. The van der Waals surface area contributed by atoms with Gasteiger partial charge in [-0.3, -0.25) is 0 Å². The van der Waals surface area contributed by atoms with Crippen LogP contribution in [0.15, 0.2) is 46.2 Å². The zero-order valence-corrected chi connectivity index (χ0v) is 16.3. The van der Waals surface area contributed by atoms with Crippen LogP contribution in [0.2, 0.25) is 0 Å². The van der Waals surface area contributed by atoms with Gasteiger partial charge in [-0.05, 0) is 35.6 Å². The van der Waals surface area contributed by atoms with E-state index in [1.165, 1.54) is 5.56 Å². The van der Waals surface area contributed by atoms with Gasteiger partial charge in [-0.25, -0.2) is 9.22 Å². The van der Waals surface area contributed by atoms with E-state index >= 15 is 0 Å². The van der Waals surface area contributed by atoms with Crippen molar-refractivity contribution in [2.75, 3.05) is 14.1 Å². The summed E-state index contributed by atoms with van der Waals surface area (Å²) >= 11 is 0. The first-order valence-corrected chi connectivity index (χ1v) is 8.95. The van der Waals surface area contributed by atoms with Crippen molar-refractivity contribution < 1.29 is 4.21 Å². The number of amidine groups is 1. The Morgan fingerprint density at radius 2 is 1.65 bits per heavy atom. The molecule has 5 heteroatoms. The molecule has 1 N–H and O–H groups in total. The normalized spacial score (nSPS) is 12.9. The van der Waals surface area contributed by atoms with E-state index in [1.807, 2.05) is 38.4 Å². The maximum absolute atomic E-state index is 12.1. The summed E-state index contributed by atoms with van der Waals surface area (Å²) in [6, 6.07) is 7.68. The van der Waals surface area contributed by atoms with Crippen LogP contribution in [0.3, 0.4) is 0 Å². The van der Waals surface area contributed by atoms with Crippen LogP contribution in [0.1, 0.15) is 46.1 Å². The predicted molar refractivity (Wildman–Crippen MR) is 102 cm³/mol. The number of nitrogens with one attached hydrogen (secondary N) is 1. The van der Waals surface area contributed by atoms with Crippen LogP contribution in [0.5, 0.6) is 0 Å². The molecule has 0 saturated heterocycles. The maximum atomic E-state index is 12.1. The Hall–Kier alpha value is -1.46. The molecule has 0 heterocycles. The van der Waals surface area contributed by atoms with Crippen LogP contribution in [-0.4, -0.2) is 29.1 Å². The molecule has 0 bridgehead atoms. The van der Waals surface area contributed by atoms with Crippen molar-refractivity contribution in [3.05, 3.63) is 42.5 Å². The summed E-state index contributed by atoms with van der Waals surface area (Å²) in [7, 11) is 2.24. The number of hydrogen-bond acceptors (Lipinski definition) is 2. The molecule has 0 aliphatic heterocycles. The molecule has 0 amide bonds. The molecule has 0 aliphatic rings. The topological polar surface area (TPSA) is 44.7 Å². The smallest absolute Gasteiger partial charge is 0.174 e. The van der Waals surface area contributed by atoms with Crippen LogP contribution in [-0.2, 0) is 11.0 Å². The number of benzene rings is 1. The van der Waals surface area contributed by atoms with Crippen LogP contribution >= 0.6 is 0 Å². The van der Waals surface area contributed by atoms with Crippen molar-refractivity contribution in [1.82, 2.24) is 10.4 Å². The van der Waals surface area contributed by atoms with Crippen molar-refractivity contribution in [2.24, 2.45) is 10.3 Å². The van der Waals surface area contributed by atoms with E-state index in [0.29, 0.717) is 16.6 Å². The Kier molecular flexibility index (Phi) is 10.4. The van der Waals surface area contributed by atoms with Gasteiger partial charge in [0, 0.05) is 14.1 Å². The molecule has 0 aliphatic carbocycles. The monoisotopic (exact) mass is 337 g/mol. The molecular formula is C18H31N3OS. The highest BCUT2D eigenvalue weighted by molar-refractivity contribution is 7.83. The molecular weight excluding hydrogens is 306 g/mol. The maximum Gasteiger partial charge on any atom is 0.174 e. The third-order valence-electron chi connectivity index (χ3n) is 2.46. The molecule has 130 valence electrons. The molecule has 0 fully saturated rings. The lowest BCUT2D eigenvalue weighted by molar-refractivity contribution is 0.363. The number of rotatable bonds is 5. The molecule has 1 aromatic carbocycles. The van der Waals surface area contributed by atoms with Crippen molar-refractivity contribution in [2.45, 2.75) is 45.4 Å². The van der Waals surface area contributed by atoms with Gasteiger partial charge in [0.1, 0.15) is 0 Å². The van der Waals surface area contributed by atoms with E-state index in [1.54, 1.807) is 11.1 Å². The number of nitrogens with zero attached hydrogens (tertiary/aromatic N) is 2. The second kappa shape index (κ2) is 11.1. The summed E-state index contributed by atoms with van der Waals surface area (Å²) in [5.74, 6) is 1.78. The Labute approximate surface area is 144 Å². The summed E-state index contributed by atoms with van der Waals surface area (Å²) < 4.78 is 16.2. The molecule has 1 unspecified atom stereocenters. The Morgan fingerprint density at radius 1 is 1.17 bits per heavy atom. The lowest BCUT2D eigenvalue weighted by Gasteiger charge is -2.12. The van der Waals surface area contributed by atoms with Gasteiger partial charge in [0.25, 0.3) is 0 Å². The summed E-state index contributed by atoms with van der Waals surface area (Å²) in [4.78, 5) is 0.685. The summed E-state index contributed by atoms with van der Waals surface area (Å²) in [5, 5.41) is 1.72. The van der Waals surface area contributed by atoms with E-state index in [9.17, 15) is 4.21 Å². The van der Waals surface area contributed by atoms with Gasteiger partial charge in [-0.2, -0.15) is 4.40 Å². The van der Waals surface area contributed by atoms with Gasteiger partial charge in [0.2, 0.25) is 0 Å². The quantitative estimate of drug-likeness (QED) is 0.499. The van der Waals surface area contributed by atoms with Crippen molar-refractivity contribution >= 4 is 16.8 Å². The van der Waals surface area contributed by atoms with E-state index in [4.69, 9.17) is 0 Å². The lowest BCUT2D eigenvalue weighted by Crippen LogP contribution is -2.35. The molecule has 0 saturated carbocycles. The zero-order chi connectivity index (χ0) is 18.0. The number of hydrogen-bond donors (Lipinski definition) is 1. The minimum atomic E-state index is -1.42. The standard InChI is InChI=1S/C14H21N3OS.C4H10/c1-6-14(15-17(4)5)16-19(18)13-9-7-12(8-10-13)11(2)3;1-4(2)3/h6-11H,1H2,2-5H3,(H,15,16);4H,1-3H3. The first-order valence-electron chi connectivity index (χ1n) is 7.84. The molecule has 0 radical (unpaired) electrons. The first kappa shape index (κ1) is 21.5. The van der Waals surface area contributed by atoms with Gasteiger partial charge < -0.3 is 5.43 Å². The second-order valence-electron chi connectivity index (χ2n) is 6.39. The van der Waals surface area contributed by atoms with Gasteiger partial charge in [-0.1, -0.05) is 53.3 Å². The molecule has 1 atom stereocenters. The first-order chi connectivity index (χ1) is 10.7. The van der Waals surface area contributed by atoms with E-state index < -0.39 is 11.0 Å². The van der Waals surface area contributed by atoms with Gasteiger partial charge in [-0.15, -0.1) is 0 Å². The average molecular weight is 338 g/mol. The minimum absolute atomic E-state index is 0.463. The van der Waals surface area contributed by atoms with E-state index in [0.717, 1.165) is 5.92 Å².